The van der Waals surface area contributed by atoms with E-state index in [0.29, 0.717) is 5.41 Å². The molecule has 0 N–H and O–H groups in total. The zero-order valence-corrected chi connectivity index (χ0v) is 20.0. The van der Waals surface area contributed by atoms with E-state index in [4.69, 9.17) is 0 Å². The summed E-state index contributed by atoms with van der Waals surface area (Å²) in [5.41, 5.74) is 4.87. The van der Waals surface area contributed by atoms with Crippen LogP contribution in [0.5, 0.6) is 0 Å². The first-order valence-corrected chi connectivity index (χ1v) is 12.6. The quantitative estimate of drug-likeness (QED) is 0.417. The molecule has 4 rings (SSSR count). The number of rotatable bonds is 4. The van der Waals surface area contributed by atoms with Crippen LogP contribution in [0.4, 0.5) is 0 Å². The molecule has 0 nitrogen and oxygen atoms in total. The normalized spacial score (nSPS) is 37.8. The lowest BCUT2D eigenvalue weighted by Crippen LogP contribution is -2.42. The Kier molecular flexibility index (Phi) is 7.34. The first kappa shape index (κ1) is 22.6. The summed E-state index contributed by atoms with van der Waals surface area (Å²) < 4.78 is 0. The van der Waals surface area contributed by atoms with Gasteiger partial charge in [-0.15, -0.1) is 0 Å². The zero-order chi connectivity index (χ0) is 21.2. The summed E-state index contributed by atoms with van der Waals surface area (Å²) in [6, 6.07) is 0. The van der Waals surface area contributed by atoms with Gasteiger partial charge in [-0.2, -0.15) is 0 Å². The topological polar surface area (TPSA) is 0 Å². The van der Waals surface area contributed by atoms with Crippen LogP contribution in [0.2, 0.25) is 0 Å². The Morgan fingerprint density at radius 2 is 1.83 bits per heavy atom. The van der Waals surface area contributed by atoms with Crippen LogP contribution in [-0.4, -0.2) is 0 Å². The second-order valence-corrected chi connectivity index (χ2v) is 11.1. The van der Waals surface area contributed by atoms with Crippen molar-refractivity contribution in [3.8, 4) is 0 Å². The summed E-state index contributed by atoms with van der Waals surface area (Å²) in [5, 5.41) is 0. The SMILES string of the molecule is C=C1C=CC2C(=C1)CCC1C2CCC2C1CC[C@]2(C)C(=C)CCC(C)C.CCC. The van der Waals surface area contributed by atoms with E-state index in [1.54, 1.807) is 11.1 Å². The fourth-order valence-corrected chi connectivity index (χ4v) is 7.06. The van der Waals surface area contributed by atoms with Crippen LogP contribution >= 0.6 is 0 Å². The first-order valence-electron chi connectivity index (χ1n) is 12.6. The average Bonchev–Trinajstić information content (AvgIpc) is 3.04. The molecule has 0 saturated heterocycles. The van der Waals surface area contributed by atoms with E-state index >= 15 is 0 Å². The third kappa shape index (κ3) is 4.52. The van der Waals surface area contributed by atoms with Crippen molar-refractivity contribution in [2.24, 2.45) is 40.9 Å². The molecule has 0 heterocycles. The molecular weight excluding hydrogens is 348 g/mol. The van der Waals surface area contributed by atoms with Gasteiger partial charge in [0, 0.05) is 5.92 Å². The second kappa shape index (κ2) is 9.40. The predicted molar refractivity (Wildman–Crippen MR) is 129 cm³/mol. The van der Waals surface area contributed by atoms with Gasteiger partial charge in [-0.3, -0.25) is 0 Å². The predicted octanol–water partition coefficient (Wildman–Crippen LogP) is 8.92. The molecule has 0 bridgehead atoms. The maximum atomic E-state index is 4.62. The Morgan fingerprint density at radius 3 is 2.52 bits per heavy atom. The van der Waals surface area contributed by atoms with Crippen molar-refractivity contribution < 1.29 is 0 Å². The molecule has 0 heteroatoms. The molecule has 0 aromatic carbocycles. The van der Waals surface area contributed by atoms with E-state index in [2.05, 4.69) is 66.0 Å². The molecule has 4 aliphatic rings. The molecule has 162 valence electrons. The van der Waals surface area contributed by atoms with Crippen molar-refractivity contribution in [2.75, 3.05) is 0 Å². The number of hydrogen-bond acceptors (Lipinski definition) is 0. The Hall–Kier alpha value is -1.04. The zero-order valence-electron chi connectivity index (χ0n) is 20.0. The van der Waals surface area contributed by atoms with Crippen LogP contribution in [0.25, 0.3) is 0 Å². The molecule has 6 atom stereocenters. The van der Waals surface area contributed by atoms with E-state index < -0.39 is 0 Å². The van der Waals surface area contributed by atoms with Gasteiger partial charge in [0.1, 0.15) is 0 Å². The molecule has 4 aliphatic carbocycles. The van der Waals surface area contributed by atoms with Crippen LogP contribution in [0.15, 0.2) is 48.1 Å². The smallest absolute Gasteiger partial charge is 0.00144 e. The van der Waals surface area contributed by atoms with Crippen LogP contribution in [0.3, 0.4) is 0 Å². The molecule has 0 aliphatic heterocycles. The van der Waals surface area contributed by atoms with Gasteiger partial charge in [0.15, 0.2) is 0 Å². The maximum absolute atomic E-state index is 4.62. The molecule has 29 heavy (non-hydrogen) atoms. The molecule has 5 unspecified atom stereocenters. The summed E-state index contributed by atoms with van der Waals surface area (Å²) in [4.78, 5) is 0. The minimum Gasteiger partial charge on any atom is -0.0993 e. The lowest BCUT2D eigenvalue weighted by molar-refractivity contribution is 0.0390. The first-order chi connectivity index (χ1) is 13.8. The summed E-state index contributed by atoms with van der Waals surface area (Å²) in [6.45, 7) is 20.3. The molecule has 3 saturated carbocycles. The van der Waals surface area contributed by atoms with Gasteiger partial charge in [-0.25, -0.2) is 0 Å². The van der Waals surface area contributed by atoms with Gasteiger partial charge in [0.05, 0.1) is 0 Å². The van der Waals surface area contributed by atoms with Gasteiger partial charge in [-0.05, 0) is 91.9 Å². The minimum atomic E-state index is 0.414. The van der Waals surface area contributed by atoms with Crippen molar-refractivity contribution in [1.82, 2.24) is 0 Å². The number of fused-ring (bicyclic) bond motifs is 5. The van der Waals surface area contributed by atoms with E-state index in [0.717, 1.165) is 35.5 Å². The Labute approximate surface area is 181 Å². The van der Waals surface area contributed by atoms with Gasteiger partial charge in [-0.1, -0.05) is 83.6 Å². The lowest BCUT2D eigenvalue weighted by Gasteiger charge is -2.50. The fraction of sp³-hybridized carbons (Fsp3) is 0.724. The highest BCUT2D eigenvalue weighted by Gasteiger charge is 2.54. The fourth-order valence-electron chi connectivity index (χ4n) is 7.06. The molecular formula is C29H46. The number of hydrogen-bond donors (Lipinski definition) is 0. The summed E-state index contributed by atoms with van der Waals surface area (Å²) in [7, 11) is 0. The van der Waals surface area contributed by atoms with Crippen LogP contribution < -0.4 is 0 Å². The second-order valence-electron chi connectivity index (χ2n) is 11.1. The summed E-state index contributed by atoms with van der Waals surface area (Å²) in [5.74, 6) is 5.21. The van der Waals surface area contributed by atoms with Crippen molar-refractivity contribution in [3.05, 3.63) is 48.1 Å². The molecule has 0 radical (unpaired) electrons. The van der Waals surface area contributed by atoms with E-state index in [9.17, 15) is 0 Å². The standard InChI is InChI=1S/C26H38.C3H8/c1-17(2)6-8-19(4)26(5)15-14-24-23-11-9-20-16-18(3)7-10-21(20)22(23)12-13-25(24)26;1-3-2/h7,10,16-17,21-25H,3-4,6,8-9,11-15H2,1-2,5H3;3H2,1-2H3/t21?,22?,23?,24?,25?,26-;/m1./s1. The van der Waals surface area contributed by atoms with Crippen LogP contribution in [-0.2, 0) is 0 Å². The van der Waals surface area contributed by atoms with Crippen LogP contribution in [0, 0.1) is 40.9 Å². The monoisotopic (exact) mass is 394 g/mol. The maximum Gasteiger partial charge on any atom is 0.00144 e. The minimum absolute atomic E-state index is 0.414. The summed E-state index contributed by atoms with van der Waals surface area (Å²) >= 11 is 0. The number of allylic oxidation sites excluding steroid dienone is 6. The Bertz CT molecular complexity index is 660. The van der Waals surface area contributed by atoms with E-state index in [1.165, 1.54) is 63.4 Å². The highest BCUT2D eigenvalue weighted by molar-refractivity contribution is 5.40. The van der Waals surface area contributed by atoms with Gasteiger partial charge in [0.2, 0.25) is 0 Å². The largest absolute Gasteiger partial charge is 0.0993 e. The molecule has 0 aromatic rings. The van der Waals surface area contributed by atoms with Crippen molar-refractivity contribution >= 4 is 0 Å². The van der Waals surface area contributed by atoms with Gasteiger partial charge >= 0.3 is 0 Å². The van der Waals surface area contributed by atoms with Crippen molar-refractivity contribution in [1.29, 1.82) is 0 Å². The van der Waals surface area contributed by atoms with Gasteiger partial charge < -0.3 is 0 Å². The Balaban J connectivity index is 0.000000755. The molecule has 0 aromatic heterocycles. The molecule has 0 amide bonds. The van der Waals surface area contributed by atoms with Crippen molar-refractivity contribution in [2.45, 2.75) is 92.4 Å². The summed E-state index contributed by atoms with van der Waals surface area (Å²) in [6.07, 6.45) is 19.4. The van der Waals surface area contributed by atoms with Crippen LogP contribution in [0.1, 0.15) is 92.4 Å². The lowest BCUT2D eigenvalue weighted by atomic mass is 9.54. The van der Waals surface area contributed by atoms with Gasteiger partial charge in [0.25, 0.3) is 0 Å². The van der Waals surface area contributed by atoms with Crippen molar-refractivity contribution in [3.63, 3.8) is 0 Å². The highest BCUT2D eigenvalue weighted by atomic mass is 14.6. The molecule has 3 fully saturated rings. The molecule has 0 spiro atoms. The Morgan fingerprint density at radius 1 is 1.10 bits per heavy atom. The highest BCUT2D eigenvalue weighted by Crippen LogP contribution is 2.63. The van der Waals surface area contributed by atoms with E-state index in [-0.39, 0.29) is 0 Å². The third-order valence-electron chi connectivity index (χ3n) is 8.62. The average molecular weight is 395 g/mol. The van der Waals surface area contributed by atoms with E-state index in [1.807, 2.05) is 0 Å². The third-order valence-corrected chi connectivity index (χ3v) is 8.62.